The van der Waals surface area contributed by atoms with Crippen molar-refractivity contribution in [2.75, 3.05) is 0 Å². The molecule has 88 valence electrons. The lowest BCUT2D eigenvalue weighted by Crippen LogP contribution is -2.10. The molecule has 3 nitrogen and oxygen atoms in total. The van der Waals surface area contributed by atoms with E-state index >= 15 is 0 Å². The summed E-state index contributed by atoms with van der Waals surface area (Å²) >= 11 is 0. The lowest BCUT2D eigenvalue weighted by molar-refractivity contribution is 0.479. The first-order chi connectivity index (χ1) is 8.29. The van der Waals surface area contributed by atoms with E-state index in [9.17, 15) is 0 Å². The zero-order valence-corrected chi connectivity index (χ0v) is 9.84. The van der Waals surface area contributed by atoms with E-state index in [1.807, 2.05) is 49.4 Å². The summed E-state index contributed by atoms with van der Waals surface area (Å²) in [6.07, 6.45) is 2.59. The molecule has 1 heterocycles. The molecule has 0 aliphatic carbocycles. The van der Waals surface area contributed by atoms with Gasteiger partial charge in [-0.3, -0.25) is 4.98 Å². The van der Waals surface area contributed by atoms with Gasteiger partial charge in [0.15, 0.2) is 0 Å². The zero-order chi connectivity index (χ0) is 12.1. The van der Waals surface area contributed by atoms with Crippen LogP contribution in [0.1, 0.15) is 25.1 Å². The Balaban J connectivity index is 2.08. The van der Waals surface area contributed by atoms with E-state index in [2.05, 4.69) is 4.98 Å². The van der Waals surface area contributed by atoms with Gasteiger partial charge in [-0.15, -0.1) is 0 Å². The van der Waals surface area contributed by atoms with Gasteiger partial charge in [-0.05, 0) is 30.7 Å². The smallest absolute Gasteiger partial charge is 0.145 e. The van der Waals surface area contributed by atoms with Gasteiger partial charge in [-0.25, -0.2) is 0 Å². The molecule has 3 heteroatoms. The third kappa shape index (κ3) is 3.04. The molecule has 1 aromatic carbocycles. The number of pyridine rings is 1. The average molecular weight is 228 g/mol. The van der Waals surface area contributed by atoms with Crippen LogP contribution < -0.4 is 10.5 Å². The minimum Gasteiger partial charge on any atom is -0.456 e. The maximum absolute atomic E-state index is 5.89. The predicted molar refractivity (Wildman–Crippen MR) is 68.0 cm³/mol. The fourth-order valence-corrected chi connectivity index (χ4v) is 1.51. The SMILES string of the molecule is CCC(N)c1ccc(Oc2ccccc2)cn1. The number of para-hydroxylation sites is 1. The van der Waals surface area contributed by atoms with E-state index in [1.165, 1.54) is 0 Å². The quantitative estimate of drug-likeness (QED) is 0.873. The van der Waals surface area contributed by atoms with Crippen molar-refractivity contribution in [3.05, 3.63) is 54.4 Å². The van der Waals surface area contributed by atoms with Gasteiger partial charge < -0.3 is 10.5 Å². The summed E-state index contributed by atoms with van der Waals surface area (Å²) < 4.78 is 5.64. The van der Waals surface area contributed by atoms with E-state index in [4.69, 9.17) is 10.5 Å². The second-order valence-corrected chi connectivity index (χ2v) is 3.85. The Morgan fingerprint density at radius 1 is 1.12 bits per heavy atom. The number of aromatic nitrogens is 1. The molecule has 0 amide bonds. The highest BCUT2D eigenvalue weighted by Gasteiger charge is 2.04. The van der Waals surface area contributed by atoms with Crippen molar-refractivity contribution in [2.24, 2.45) is 5.73 Å². The van der Waals surface area contributed by atoms with Crippen LogP contribution in [0.5, 0.6) is 11.5 Å². The molecule has 0 saturated heterocycles. The third-order valence-corrected chi connectivity index (χ3v) is 2.56. The van der Waals surface area contributed by atoms with Crippen LogP contribution in [0.25, 0.3) is 0 Å². The molecular formula is C14H16N2O. The van der Waals surface area contributed by atoms with E-state index < -0.39 is 0 Å². The summed E-state index contributed by atoms with van der Waals surface area (Å²) in [7, 11) is 0. The summed E-state index contributed by atoms with van der Waals surface area (Å²) in [6.45, 7) is 2.04. The van der Waals surface area contributed by atoms with Gasteiger partial charge in [0, 0.05) is 6.04 Å². The van der Waals surface area contributed by atoms with Crippen LogP contribution >= 0.6 is 0 Å². The van der Waals surface area contributed by atoms with Crippen LogP contribution in [-0.2, 0) is 0 Å². The molecule has 1 atom stereocenters. The molecule has 1 unspecified atom stereocenters. The van der Waals surface area contributed by atoms with Crippen molar-refractivity contribution < 1.29 is 4.74 Å². The first kappa shape index (κ1) is 11.6. The lowest BCUT2D eigenvalue weighted by atomic mass is 10.1. The van der Waals surface area contributed by atoms with Crippen LogP contribution in [-0.4, -0.2) is 4.98 Å². The molecule has 0 fully saturated rings. The maximum Gasteiger partial charge on any atom is 0.145 e. The number of nitrogens with zero attached hydrogens (tertiary/aromatic N) is 1. The minimum atomic E-state index is 0.000718. The van der Waals surface area contributed by atoms with E-state index in [0.717, 1.165) is 23.6 Å². The summed E-state index contributed by atoms with van der Waals surface area (Å²) in [6, 6.07) is 13.4. The van der Waals surface area contributed by atoms with Gasteiger partial charge in [0.2, 0.25) is 0 Å². The van der Waals surface area contributed by atoms with Crippen molar-refractivity contribution in [3.63, 3.8) is 0 Å². The van der Waals surface area contributed by atoms with Crippen molar-refractivity contribution in [2.45, 2.75) is 19.4 Å². The van der Waals surface area contributed by atoms with Gasteiger partial charge in [-0.1, -0.05) is 25.1 Å². The fourth-order valence-electron chi connectivity index (χ4n) is 1.51. The Hall–Kier alpha value is -1.87. The predicted octanol–water partition coefficient (Wildman–Crippen LogP) is 3.28. The summed E-state index contributed by atoms with van der Waals surface area (Å²) in [5.74, 6) is 1.53. The molecule has 2 aromatic rings. The standard InChI is InChI=1S/C14H16N2O/c1-2-13(15)14-9-8-12(10-16-14)17-11-6-4-3-5-7-11/h3-10,13H,2,15H2,1H3. The van der Waals surface area contributed by atoms with Gasteiger partial charge >= 0.3 is 0 Å². The van der Waals surface area contributed by atoms with E-state index in [0.29, 0.717) is 0 Å². The molecular weight excluding hydrogens is 212 g/mol. The second-order valence-electron chi connectivity index (χ2n) is 3.85. The number of nitrogens with two attached hydrogens (primary N) is 1. The molecule has 0 aliphatic rings. The number of ether oxygens (including phenoxy) is 1. The van der Waals surface area contributed by atoms with Crippen LogP contribution in [0, 0.1) is 0 Å². The molecule has 0 radical (unpaired) electrons. The van der Waals surface area contributed by atoms with Crippen molar-refractivity contribution in [1.82, 2.24) is 4.98 Å². The fraction of sp³-hybridized carbons (Fsp3) is 0.214. The Kier molecular flexibility index (Phi) is 3.73. The Morgan fingerprint density at radius 2 is 1.88 bits per heavy atom. The first-order valence-electron chi connectivity index (χ1n) is 5.74. The zero-order valence-electron chi connectivity index (χ0n) is 9.84. The van der Waals surface area contributed by atoms with Gasteiger partial charge in [0.05, 0.1) is 11.9 Å². The minimum absolute atomic E-state index is 0.000718. The Labute approximate surface area is 101 Å². The molecule has 17 heavy (non-hydrogen) atoms. The monoisotopic (exact) mass is 228 g/mol. The lowest BCUT2D eigenvalue weighted by Gasteiger charge is -2.09. The number of rotatable bonds is 4. The van der Waals surface area contributed by atoms with Crippen LogP contribution in [0.15, 0.2) is 48.7 Å². The third-order valence-electron chi connectivity index (χ3n) is 2.56. The molecule has 1 aromatic heterocycles. The Morgan fingerprint density at radius 3 is 2.47 bits per heavy atom. The van der Waals surface area contributed by atoms with Crippen molar-refractivity contribution >= 4 is 0 Å². The number of hydrogen-bond donors (Lipinski definition) is 1. The Bertz CT molecular complexity index is 453. The summed E-state index contributed by atoms with van der Waals surface area (Å²) in [4.78, 5) is 4.30. The highest BCUT2D eigenvalue weighted by molar-refractivity contribution is 5.29. The summed E-state index contributed by atoms with van der Waals surface area (Å²) in [5, 5.41) is 0. The van der Waals surface area contributed by atoms with Crippen molar-refractivity contribution in [1.29, 1.82) is 0 Å². The largest absolute Gasteiger partial charge is 0.456 e. The van der Waals surface area contributed by atoms with Gasteiger partial charge in [-0.2, -0.15) is 0 Å². The normalized spacial score (nSPS) is 12.1. The number of hydrogen-bond acceptors (Lipinski definition) is 3. The topological polar surface area (TPSA) is 48.1 Å². The summed E-state index contributed by atoms with van der Waals surface area (Å²) in [5.41, 5.74) is 6.79. The number of benzene rings is 1. The van der Waals surface area contributed by atoms with E-state index in [1.54, 1.807) is 6.20 Å². The highest BCUT2D eigenvalue weighted by atomic mass is 16.5. The van der Waals surface area contributed by atoms with Crippen LogP contribution in [0.2, 0.25) is 0 Å². The molecule has 0 bridgehead atoms. The molecule has 2 N–H and O–H groups in total. The van der Waals surface area contributed by atoms with Gasteiger partial charge in [0.25, 0.3) is 0 Å². The maximum atomic E-state index is 5.89. The molecule has 0 spiro atoms. The van der Waals surface area contributed by atoms with E-state index in [-0.39, 0.29) is 6.04 Å². The molecule has 2 rings (SSSR count). The first-order valence-corrected chi connectivity index (χ1v) is 5.74. The second kappa shape index (κ2) is 5.46. The van der Waals surface area contributed by atoms with Gasteiger partial charge in [0.1, 0.15) is 11.5 Å². The molecule has 0 aliphatic heterocycles. The van der Waals surface area contributed by atoms with Crippen molar-refractivity contribution in [3.8, 4) is 11.5 Å². The van der Waals surface area contributed by atoms with Crippen LogP contribution in [0.3, 0.4) is 0 Å². The molecule has 0 saturated carbocycles. The average Bonchev–Trinajstić information content (AvgIpc) is 2.40. The van der Waals surface area contributed by atoms with Crippen LogP contribution in [0.4, 0.5) is 0 Å². The highest BCUT2D eigenvalue weighted by Crippen LogP contribution is 2.21.